The van der Waals surface area contributed by atoms with Crippen molar-refractivity contribution < 1.29 is 18.3 Å². The number of likely N-dealkylation sites (N-methyl/N-ethyl adjacent to an activating group) is 1. The molecule has 8 heteroatoms. The van der Waals surface area contributed by atoms with Crippen molar-refractivity contribution in [2.24, 2.45) is 5.92 Å². The summed E-state index contributed by atoms with van der Waals surface area (Å²) in [6, 6.07) is -0.745. The Bertz CT molecular complexity index is 494. The summed E-state index contributed by atoms with van der Waals surface area (Å²) in [5, 5.41) is 9.27. The van der Waals surface area contributed by atoms with Crippen LogP contribution in [0.25, 0.3) is 0 Å². The molecular weight excluding hydrogens is 294 g/mol. The summed E-state index contributed by atoms with van der Waals surface area (Å²) >= 11 is 0. The Morgan fingerprint density at radius 1 is 1.24 bits per heavy atom. The molecule has 0 aromatic rings. The molecule has 0 saturated carbocycles. The zero-order valence-corrected chi connectivity index (χ0v) is 13.7. The van der Waals surface area contributed by atoms with Gasteiger partial charge in [-0.1, -0.05) is 6.92 Å². The quantitative estimate of drug-likeness (QED) is 0.792. The van der Waals surface area contributed by atoms with Crippen LogP contribution in [0.1, 0.15) is 26.2 Å². The average molecular weight is 319 g/mol. The van der Waals surface area contributed by atoms with Crippen LogP contribution >= 0.6 is 0 Å². The third kappa shape index (κ3) is 3.23. The smallest absolute Gasteiger partial charge is 0.322 e. The van der Waals surface area contributed by atoms with Crippen LogP contribution in [0, 0.1) is 5.92 Å². The van der Waals surface area contributed by atoms with Crippen LogP contribution in [0.5, 0.6) is 0 Å². The van der Waals surface area contributed by atoms with E-state index in [1.807, 2.05) is 25.9 Å². The van der Waals surface area contributed by atoms with Crippen LogP contribution in [0.3, 0.4) is 0 Å². The van der Waals surface area contributed by atoms with Crippen molar-refractivity contribution in [2.45, 2.75) is 38.3 Å². The lowest BCUT2D eigenvalue weighted by molar-refractivity contribution is -0.142. The van der Waals surface area contributed by atoms with E-state index in [0.29, 0.717) is 26.1 Å². The van der Waals surface area contributed by atoms with Gasteiger partial charge in [0.15, 0.2) is 0 Å². The number of piperidine rings is 1. The molecule has 1 N–H and O–H groups in total. The molecular formula is C13H25N3O4S. The van der Waals surface area contributed by atoms with Crippen molar-refractivity contribution in [1.82, 2.24) is 13.5 Å². The standard InChI is InChI=1S/C13H25N3O4S/c1-10-8-15(9-12(10)14(2)3)21(19,20)16-7-5-4-6-11(16)13(17)18/h10-12H,4-9H2,1-3H3,(H,17,18). The molecule has 0 aromatic carbocycles. The highest BCUT2D eigenvalue weighted by Gasteiger charge is 2.44. The first-order chi connectivity index (χ1) is 9.75. The zero-order valence-electron chi connectivity index (χ0n) is 12.9. The van der Waals surface area contributed by atoms with Crippen LogP contribution in [0.4, 0.5) is 0 Å². The highest BCUT2D eigenvalue weighted by molar-refractivity contribution is 7.86. The fourth-order valence-electron chi connectivity index (χ4n) is 3.34. The Hall–Kier alpha value is -0.700. The largest absolute Gasteiger partial charge is 0.480 e. The minimum absolute atomic E-state index is 0.174. The molecule has 7 nitrogen and oxygen atoms in total. The monoisotopic (exact) mass is 319 g/mol. The predicted molar refractivity (Wildman–Crippen MR) is 79.1 cm³/mol. The number of aliphatic carboxylic acids is 1. The van der Waals surface area contributed by atoms with Crippen LogP contribution in [0.2, 0.25) is 0 Å². The summed E-state index contributed by atoms with van der Waals surface area (Å²) in [6.07, 6.45) is 1.89. The van der Waals surface area contributed by atoms with Gasteiger partial charge in [-0.2, -0.15) is 17.0 Å². The van der Waals surface area contributed by atoms with E-state index < -0.39 is 22.2 Å². The lowest BCUT2D eigenvalue weighted by atomic mass is 10.1. The number of hydrogen-bond acceptors (Lipinski definition) is 4. The topological polar surface area (TPSA) is 81.2 Å². The summed E-state index contributed by atoms with van der Waals surface area (Å²) in [4.78, 5) is 13.4. The van der Waals surface area contributed by atoms with Gasteiger partial charge in [-0.05, 0) is 39.3 Å². The highest BCUT2D eigenvalue weighted by Crippen LogP contribution is 2.28. The van der Waals surface area contributed by atoms with Gasteiger partial charge >= 0.3 is 5.97 Å². The summed E-state index contributed by atoms with van der Waals surface area (Å²) < 4.78 is 28.2. The zero-order chi connectivity index (χ0) is 15.8. The first-order valence-electron chi connectivity index (χ1n) is 7.41. The molecule has 2 saturated heterocycles. The van der Waals surface area contributed by atoms with E-state index in [0.717, 1.165) is 12.8 Å². The van der Waals surface area contributed by atoms with Gasteiger partial charge in [0.05, 0.1) is 0 Å². The van der Waals surface area contributed by atoms with Crippen molar-refractivity contribution >= 4 is 16.2 Å². The van der Waals surface area contributed by atoms with Crippen molar-refractivity contribution in [3.05, 3.63) is 0 Å². The first kappa shape index (κ1) is 16.7. The van der Waals surface area contributed by atoms with E-state index in [2.05, 4.69) is 0 Å². The molecule has 0 spiro atoms. The van der Waals surface area contributed by atoms with E-state index in [1.165, 1.54) is 8.61 Å². The van der Waals surface area contributed by atoms with E-state index in [9.17, 15) is 18.3 Å². The molecule has 2 aliphatic rings. The van der Waals surface area contributed by atoms with E-state index >= 15 is 0 Å². The third-order valence-electron chi connectivity index (χ3n) is 4.56. The van der Waals surface area contributed by atoms with Gasteiger partial charge < -0.3 is 10.0 Å². The maximum Gasteiger partial charge on any atom is 0.322 e. The second-order valence-electron chi connectivity index (χ2n) is 6.29. The maximum atomic E-state index is 12.8. The van der Waals surface area contributed by atoms with Crippen molar-refractivity contribution in [2.75, 3.05) is 33.7 Å². The summed E-state index contributed by atoms with van der Waals surface area (Å²) in [6.45, 7) is 3.22. The average Bonchev–Trinajstić information content (AvgIpc) is 2.81. The molecule has 0 aromatic heterocycles. The highest BCUT2D eigenvalue weighted by atomic mass is 32.2. The predicted octanol–water partition coefficient (Wildman–Crippen LogP) is 0.0522. The molecule has 3 unspecified atom stereocenters. The van der Waals surface area contributed by atoms with Crippen LogP contribution in [-0.2, 0) is 15.0 Å². The Morgan fingerprint density at radius 3 is 2.43 bits per heavy atom. The van der Waals surface area contributed by atoms with E-state index in [4.69, 9.17) is 0 Å². The Kier molecular flexibility index (Phi) is 4.92. The van der Waals surface area contributed by atoms with Crippen LogP contribution in [-0.4, -0.2) is 78.8 Å². The van der Waals surface area contributed by atoms with Gasteiger partial charge in [0, 0.05) is 25.7 Å². The lowest BCUT2D eigenvalue weighted by Crippen LogP contribution is -2.53. The summed E-state index contributed by atoms with van der Waals surface area (Å²) in [5.41, 5.74) is 0. The maximum absolute atomic E-state index is 12.8. The molecule has 2 rings (SSSR count). The van der Waals surface area contributed by atoms with Gasteiger partial charge in [0.25, 0.3) is 10.2 Å². The molecule has 0 radical (unpaired) electrons. The molecule has 2 fully saturated rings. The fraction of sp³-hybridized carbons (Fsp3) is 0.923. The van der Waals surface area contributed by atoms with Crippen LogP contribution in [0.15, 0.2) is 0 Å². The number of rotatable bonds is 4. The van der Waals surface area contributed by atoms with Gasteiger partial charge in [-0.25, -0.2) is 0 Å². The Morgan fingerprint density at radius 2 is 1.90 bits per heavy atom. The molecule has 2 heterocycles. The van der Waals surface area contributed by atoms with Gasteiger partial charge in [0.2, 0.25) is 0 Å². The number of carbonyl (C=O) groups is 1. The summed E-state index contributed by atoms with van der Waals surface area (Å²) in [5.74, 6) is -0.808. The first-order valence-corrected chi connectivity index (χ1v) is 8.81. The van der Waals surface area contributed by atoms with E-state index in [-0.39, 0.29) is 12.0 Å². The second-order valence-corrected chi connectivity index (χ2v) is 8.17. The van der Waals surface area contributed by atoms with E-state index in [1.54, 1.807) is 0 Å². The Labute approximate surface area is 126 Å². The van der Waals surface area contributed by atoms with Crippen molar-refractivity contribution in [1.29, 1.82) is 0 Å². The molecule has 3 atom stereocenters. The molecule has 0 amide bonds. The molecule has 122 valence electrons. The number of carboxylic acid groups (broad SMARTS) is 1. The van der Waals surface area contributed by atoms with Crippen molar-refractivity contribution in [3.63, 3.8) is 0 Å². The van der Waals surface area contributed by atoms with Gasteiger partial charge in [-0.3, -0.25) is 4.79 Å². The second kappa shape index (κ2) is 6.20. The van der Waals surface area contributed by atoms with Crippen LogP contribution < -0.4 is 0 Å². The SMILES string of the molecule is CC1CN(S(=O)(=O)N2CCCCC2C(=O)O)CC1N(C)C. The van der Waals surface area contributed by atoms with Gasteiger partial charge in [-0.15, -0.1) is 0 Å². The molecule has 0 bridgehead atoms. The fourth-order valence-corrected chi connectivity index (χ4v) is 5.28. The summed E-state index contributed by atoms with van der Waals surface area (Å²) in [7, 11) is 0.189. The molecule has 21 heavy (non-hydrogen) atoms. The van der Waals surface area contributed by atoms with Gasteiger partial charge in [0.1, 0.15) is 6.04 Å². The number of hydrogen-bond donors (Lipinski definition) is 1. The normalized spacial score (nSPS) is 32.7. The molecule has 0 aliphatic carbocycles. The number of nitrogens with zero attached hydrogens (tertiary/aromatic N) is 3. The van der Waals surface area contributed by atoms with Crippen molar-refractivity contribution in [3.8, 4) is 0 Å². The molecule has 2 aliphatic heterocycles. The lowest BCUT2D eigenvalue weighted by Gasteiger charge is -2.34. The number of carboxylic acids is 1. The minimum Gasteiger partial charge on any atom is -0.480 e. The third-order valence-corrected chi connectivity index (χ3v) is 6.54. The minimum atomic E-state index is -3.70. The Balaban J connectivity index is 2.19.